The highest BCUT2D eigenvalue weighted by Crippen LogP contribution is 2.19. The average molecular weight is 260 g/mol. The summed E-state index contributed by atoms with van der Waals surface area (Å²) in [5, 5.41) is 2.56. The first-order valence-corrected chi connectivity index (χ1v) is 5.50. The van der Waals surface area contributed by atoms with Crippen molar-refractivity contribution < 1.29 is 18.0 Å². The Balaban J connectivity index is 2.47. The number of hydrogen-bond donors (Lipinski definition) is 1. The van der Waals surface area contributed by atoms with Crippen LogP contribution in [0.5, 0.6) is 0 Å². The van der Waals surface area contributed by atoms with Gasteiger partial charge in [0.1, 0.15) is 5.82 Å². The molecular weight excluding hydrogens is 245 g/mol. The monoisotopic (exact) mass is 260 g/mol. The highest BCUT2D eigenvalue weighted by Gasteiger charge is 2.10. The van der Waals surface area contributed by atoms with Crippen LogP contribution in [0, 0.1) is 17.5 Å². The maximum absolute atomic E-state index is 13.2. The molecule has 100 valence electrons. The van der Waals surface area contributed by atoms with Crippen LogP contribution in [0.4, 0.5) is 18.9 Å². The van der Waals surface area contributed by atoms with E-state index in [9.17, 15) is 18.0 Å². The van der Waals surface area contributed by atoms with Crippen LogP contribution in [0.15, 0.2) is 12.1 Å². The van der Waals surface area contributed by atoms with Crippen molar-refractivity contribution in [3.63, 3.8) is 0 Å². The van der Waals surface area contributed by atoms with Gasteiger partial charge in [0.15, 0.2) is 11.6 Å². The maximum Gasteiger partial charge on any atom is 0.222 e. The normalized spacial score (nSPS) is 10.3. The molecule has 0 unspecified atom stereocenters. The molecule has 0 saturated heterocycles. The summed E-state index contributed by atoms with van der Waals surface area (Å²) in [4.78, 5) is 12.7. The third kappa shape index (κ3) is 3.94. The van der Waals surface area contributed by atoms with Crippen LogP contribution in [-0.2, 0) is 4.79 Å². The zero-order valence-corrected chi connectivity index (χ0v) is 10.3. The van der Waals surface area contributed by atoms with Gasteiger partial charge in [0, 0.05) is 39.2 Å². The number of halogens is 3. The summed E-state index contributed by atoms with van der Waals surface area (Å²) in [7, 11) is 3.27. The molecule has 0 aromatic heterocycles. The van der Waals surface area contributed by atoms with Gasteiger partial charge in [0.05, 0.1) is 5.69 Å². The molecule has 1 aromatic rings. The molecule has 0 radical (unpaired) electrons. The van der Waals surface area contributed by atoms with E-state index in [0.717, 1.165) is 6.07 Å². The predicted octanol–water partition coefficient (Wildman–Crippen LogP) is 2.38. The standard InChI is InChI=1S/C12H15F3N2O/c1-17(2)11(18)4-3-5-16-10-7-8(13)6-9(14)12(10)15/h6-7,16H,3-5H2,1-2H3. The lowest BCUT2D eigenvalue weighted by atomic mass is 10.2. The number of nitrogens with one attached hydrogen (secondary N) is 1. The van der Waals surface area contributed by atoms with E-state index in [1.807, 2.05) is 0 Å². The number of hydrogen-bond acceptors (Lipinski definition) is 2. The summed E-state index contributed by atoms with van der Waals surface area (Å²) in [5.41, 5.74) is -0.232. The van der Waals surface area contributed by atoms with Crippen molar-refractivity contribution in [2.45, 2.75) is 12.8 Å². The van der Waals surface area contributed by atoms with Gasteiger partial charge in [-0.25, -0.2) is 13.2 Å². The molecule has 0 saturated carbocycles. The first kappa shape index (κ1) is 14.3. The Labute approximate surface area is 104 Å². The lowest BCUT2D eigenvalue weighted by molar-refractivity contribution is -0.128. The van der Waals surface area contributed by atoms with Crippen molar-refractivity contribution in [1.82, 2.24) is 4.90 Å². The van der Waals surface area contributed by atoms with E-state index in [1.54, 1.807) is 14.1 Å². The van der Waals surface area contributed by atoms with Gasteiger partial charge in [-0.2, -0.15) is 0 Å². The van der Waals surface area contributed by atoms with Crippen LogP contribution in [0.2, 0.25) is 0 Å². The van der Waals surface area contributed by atoms with Gasteiger partial charge in [0.2, 0.25) is 5.91 Å². The first-order valence-electron chi connectivity index (χ1n) is 5.50. The molecule has 0 aliphatic rings. The molecule has 0 spiro atoms. The molecule has 1 aromatic carbocycles. The molecule has 0 atom stereocenters. The van der Waals surface area contributed by atoms with Gasteiger partial charge in [-0.1, -0.05) is 0 Å². The van der Waals surface area contributed by atoms with Crippen molar-refractivity contribution >= 4 is 11.6 Å². The number of amides is 1. The van der Waals surface area contributed by atoms with Crippen LogP contribution in [0.3, 0.4) is 0 Å². The van der Waals surface area contributed by atoms with E-state index in [0.29, 0.717) is 18.9 Å². The Kier molecular flexibility index (Phi) is 5.00. The van der Waals surface area contributed by atoms with E-state index in [2.05, 4.69) is 5.32 Å². The topological polar surface area (TPSA) is 32.3 Å². The van der Waals surface area contributed by atoms with Gasteiger partial charge in [-0.15, -0.1) is 0 Å². The molecule has 1 rings (SSSR count). The van der Waals surface area contributed by atoms with Crippen LogP contribution in [-0.4, -0.2) is 31.4 Å². The van der Waals surface area contributed by atoms with Crippen LogP contribution < -0.4 is 5.32 Å². The van der Waals surface area contributed by atoms with Gasteiger partial charge in [0.25, 0.3) is 0 Å². The largest absolute Gasteiger partial charge is 0.382 e. The fraction of sp³-hybridized carbons (Fsp3) is 0.417. The Morgan fingerprint density at radius 3 is 2.56 bits per heavy atom. The van der Waals surface area contributed by atoms with Gasteiger partial charge >= 0.3 is 0 Å². The maximum atomic E-state index is 13.2. The number of carbonyl (C=O) groups excluding carboxylic acids is 1. The molecule has 18 heavy (non-hydrogen) atoms. The molecule has 1 amide bonds. The second kappa shape index (κ2) is 6.28. The smallest absolute Gasteiger partial charge is 0.222 e. The van der Waals surface area contributed by atoms with Crippen molar-refractivity contribution in [1.29, 1.82) is 0 Å². The third-order valence-electron chi connectivity index (χ3n) is 2.37. The van der Waals surface area contributed by atoms with E-state index >= 15 is 0 Å². The molecule has 1 N–H and O–H groups in total. The SMILES string of the molecule is CN(C)C(=O)CCCNc1cc(F)cc(F)c1F. The van der Waals surface area contributed by atoms with Crippen LogP contribution in [0.25, 0.3) is 0 Å². The van der Waals surface area contributed by atoms with Gasteiger partial charge in [-0.05, 0) is 6.42 Å². The zero-order valence-electron chi connectivity index (χ0n) is 10.3. The Morgan fingerprint density at radius 1 is 1.28 bits per heavy atom. The Bertz CT molecular complexity index is 436. The second-order valence-electron chi connectivity index (χ2n) is 4.07. The van der Waals surface area contributed by atoms with Crippen LogP contribution >= 0.6 is 0 Å². The minimum atomic E-state index is -1.23. The Hall–Kier alpha value is -1.72. The predicted molar refractivity (Wildman–Crippen MR) is 62.7 cm³/mol. The lowest BCUT2D eigenvalue weighted by Gasteiger charge is -2.11. The average Bonchev–Trinajstić information content (AvgIpc) is 2.29. The summed E-state index contributed by atoms with van der Waals surface area (Å²) < 4.78 is 38.9. The molecular formula is C12H15F3N2O. The van der Waals surface area contributed by atoms with Gasteiger partial charge in [-0.3, -0.25) is 4.79 Å². The van der Waals surface area contributed by atoms with E-state index in [-0.39, 0.29) is 18.1 Å². The van der Waals surface area contributed by atoms with Crippen LogP contribution in [0.1, 0.15) is 12.8 Å². The fourth-order valence-corrected chi connectivity index (χ4v) is 1.37. The zero-order chi connectivity index (χ0) is 13.7. The summed E-state index contributed by atoms with van der Waals surface area (Å²) in [5.74, 6) is -3.25. The quantitative estimate of drug-likeness (QED) is 0.651. The second-order valence-corrected chi connectivity index (χ2v) is 4.07. The third-order valence-corrected chi connectivity index (χ3v) is 2.37. The molecule has 0 fully saturated rings. The van der Waals surface area contributed by atoms with E-state index < -0.39 is 17.5 Å². The minimum Gasteiger partial charge on any atom is -0.382 e. The highest BCUT2D eigenvalue weighted by atomic mass is 19.2. The summed E-state index contributed by atoms with van der Waals surface area (Å²) in [6, 6.07) is 1.36. The molecule has 0 bridgehead atoms. The highest BCUT2D eigenvalue weighted by molar-refractivity contribution is 5.75. The van der Waals surface area contributed by atoms with Crippen molar-refractivity contribution in [2.75, 3.05) is 26.0 Å². The van der Waals surface area contributed by atoms with Crippen molar-refractivity contribution in [3.05, 3.63) is 29.6 Å². The number of rotatable bonds is 5. The molecule has 3 nitrogen and oxygen atoms in total. The van der Waals surface area contributed by atoms with Crippen molar-refractivity contribution in [2.24, 2.45) is 0 Å². The van der Waals surface area contributed by atoms with E-state index in [1.165, 1.54) is 4.90 Å². The molecule has 6 heteroatoms. The number of carbonyl (C=O) groups is 1. The first-order chi connectivity index (χ1) is 8.41. The molecule has 0 aliphatic heterocycles. The number of nitrogens with zero attached hydrogens (tertiary/aromatic N) is 1. The fourth-order valence-electron chi connectivity index (χ4n) is 1.37. The van der Waals surface area contributed by atoms with Crippen molar-refractivity contribution in [3.8, 4) is 0 Å². The summed E-state index contributed by atoms with van der Waals surface area (Å²) >= 11 is 0. The Morgan fingerprint density at radius 2 is 1.94 bits per heavy atom. The minimum absolute atomic E-state index is 0.0531. The summed E-state index contributed by atoms with van der Waals surface area (Å²) in [6.45, 7) is 0.263. The number of anilines is 1. The van der Waals surface area contributed by atoms with E-state index in [4.69, 9.17) is 0 Å². The molecule has 0 heterocycles. The molecule has 0 aliphatic carbocycles. The summed E-state index contributed by atoms with van der Waals surface area (Å²) in [6.07, 6.45) is 0.744. The van der Waals surface area contributed by atoms with Gasteiger partial charge < -0.3 is 10.2 Å². The lowest BCUT2D eigenvalue weighted by Crippen LogP contribution is -2.22. The number of benzene rings is 1.